The van der Waals surface area contributed by atoms with Crippen LogP contribution in [0.25, 0.3) is 16.9 Å². The number of benzene rings is 3. The summed E-state index contributed by atoms with van der Waals surface area (Å²) in [4.78, 5) is 32.5. The first kappa shape index (κ1) is 26.3. The largest absolute Gasteiger partial charge is 0.497 e. The third-order valence-corrected chi connectivity index (χ3v) is 6.33. The Labute approximate surface area is 225 Å². The van der Waals surface area contributed by atoms with E-state index >= 15 is 0 Å². The first-order valence-corrected chi connectivity index (χ1v) is 12.4. The number of halogens is 2. The molecule has 0 aliphatic heterocycles. The molecule has 0 aliphatic carbocycles. The molecule has 190 valence electrons. The first-order valence-electron chi connectivity index (χ1n) is 11.6. The molecule has 1 N–H and O–H groups in total. The molecule has 2 amide bonds. The monoisotopic (exact) mass is 536 g/mol. The van der Waals surface area contributed by atoms with Crippen LogP contribution in [0.4, 0.5) is 5.95 Å². The van der Waals surface area contributed by atoms with E-state index in [4.69, 9.17) is 27.9 Å². The van der Waals surface area contributed by atoms with E-state index in [1.807, 2.05) is 56.4 Å². The van der Waals surface area contributed by atoms with E-state index in [1.165, 1.54) is 4.90 Å². The molecular formula is C28H26Cl2N4O3. The summed E-state index contributed by atoms with van der Waals surface area (Å²) in [7, 11) is 1.60. The molecular weight excluding hydrogens is 511 g/mol. The van der Waals surface area contributed by atoms with E-state index in [1.54, 1.807) is 48.1 Å². The Morgan fingerprint density at radius 1 is 1.00 bits per heavy atom. The number of carbonyl (C=O) groups is 2. The zero-order chi connectivity index (χ0) is 26.5. The molecule has 7 nitrogen and oxygen atoms in total. The SMILES string of the molecule is COc1ccc(-n2cc(-c3ccc(Cl)cc3)nc2NC(=O)CN(C(=O)c2ccccc2Cl)C(C)C)cc1. The van der Waals surface area contributed by atoms with Crippen molar-refractivity contribution in [3.63, 3.8) is 0 Å². The van der Waals surface area contributed by atoms with E-state index in [0.717, 1.165) is 11.3 Å². The van der Waals surface area contributed by atoms with Crippen LogP contribution in [0.2, 0.25) is 10.0 Å². The fraction of sp³-hybridized carbons (Fsp3) is 0.179. The summed E-state index contributed by atoms with van der Waals surface area (Å²) in [5.41, 5.74) is 2.60. The van der Waals surface area contributed by atoms with E-state index in [9.17, 15) is 9.59 Å². The topological polar surface area (TPSA) is 76.5 Å². The highest BCUT2D eigenvalue weighted by Crippen LogP contribution is 2.27. The molecule has 1 aromatic heterocycles. The normalized spacial score (nSPS) is 10.9. The minimum Gasteiger partial charge on any atom is -0.497 e. The van der Waals surface area contributed by atoms with Crippen molar-refractivity contribution in [3.05, 3.63) is 94.6 Å². The molecule has 1 heterocycles. The summed E-state index contributed by atoms with van der Waals surface area (Å²) in [6.07, 6.45) is 1.83. The van der Waals surface area contributed by atoms with Crippen molar-refractivity contribution >= 4 is 41.0 Å². The predicted molar refractivity (Wildman–Crippen MR) is 147 cm³/mol. The van der Waals surface area contributed by atoms with E-state index in [2.05, 4.69) is 10.3 Å². The van der Waals surface area contributed by atoms with Crippen LogP contribution in [0.15, 0.2) is 79.0 Å². The van der Waals surface area contributed by atoms with Crippen LogP contribution in [0, 0.1) is 0 Å². The summed E-state index contributed by atoms with van der Waals surface area (Å²) in [6.45, 7) is 3.52. The van der Waals surface area contributed by atoms with E-state index in [-0.39, 0.29) is 18.5 Å². The number of rotatable bonds is 8. The lowest BCUT2D eigenvalue weighted by Gasteiger charge is -2.26. The zero-order valence-electron chi connectivity index (χ0n) is 20.6. The van der Waals surface area contributed by atoms with Gasteiger partial charge in [-0.1, -0.05) is 47.5 Å². The second-order valence-corrected chi connectivity index (χ2v) is 9.42. The Bertz CT molecular complexity index is 1400. The molecule has 0 spiro atoms. The zero-order valence-corrected chi connectivity index (χ0v) is 22.1. The molecule has 0 aliphatic rings. The fourth-order valence-electron chi connectivity index (χ4n) is 3.77. The number of nitrogens with one attached hydrogen (secondary N) is 1. The lowest BCUT2D eigenvalue weighted by molar-refractivity contribution is -0.117. The van der Waals surface area contributed by atoms with Crippen molar-refractivity contribution in [2.24, 2.45) is 0 Å². The standard InChI is InChI=1S/C28H26Cl2N4O3/c1-18(2)33(27(36)23-6-4-5-7-24(23)30)17-26(35)32-28-31-25(19-8-10-20(29)11-9-19)16-34(28)21-12-14-22(37-3)15-13-21/h4-16,18H,17H2,1-3H3,(H,31,32,35). The van der Waals surface area contributed by atoms with Gasteiger partial charge in [-0.15, -0.1) is 0 Å². The molecule has 0 atom stereocenters. The Balaban J connectivity index is 1.63. The minimum absolute atomic E-state index is 0.173. The Kier molecular flexibility index (Phi) is 8.16. The highest BCUT2D eigenvalue weighted by molar-refractivity contribution is 6.33. The maximum absolute atomic E-state index is 13.2. The van der Waals surface area contributed by atoms with Crippen molar-refractivity contribution in [2.45, 2.75) is 19.9 Å². The summed E-state index contributed by atoms with van der Waals surface area (Å²) in [5.74, 6) is 0.306. The van der Waals surface area contributed by atoms with Gasteiger partial charge in [-0.25, -0.2) is 4.98 Å². The molecule has 0 saturated heterocycles. The van der Waals surface area contributed by atoms with Crippen molar-refractivity contribution in [2.75, 3.05) is 19.0 Å². The van der Waals surface area contributed by atoms with Gasteiger partial charge in [0.15, 0.2) is 0 Å². The third kappa shape index (κ3) is 6.13. The lowest BCUT2D eigenvalue weighted by Crippen LogP contribution is -2.42. The average Bonchev–Trinajstić information content (AvgIpc) is 3.31. The van der Waals surface area contributed by atoms with E-state index < -0.39 is 5.91 Å². The molecule has 0 unspecified atom stereocenters. The molecule has 3 aromatic carbocycles. The van der Waals surface area contributed by atoms with Gasteiger partial charge in [0.05, 0.1) is 23.4 Å². The first-order chi connectivity index (χ1) is 17.8. The third-order valence-electron chi connectivity index (χ3n) is 5.75. The molecule has 37 heavy (non-hydrogen) atoms. The number of anilines is 1. The van der Waals surface area contributed by atoms with Gasteiger partial charge in [0.25, 0.3) is 5.91 Å². The van der Waals surface area contributed by atoms with Crippen molar-refractivity contribution in [1.29, 1.82) is 0 Å². The maximum Gasteiger partial charge on any atom is 0.256 e. The van der Waals surface area contributed by atoms with Gasteiger partial charge >= 0.3 is 0 Å². The van der Waals surface area contributed by atoms with Crippen molar-refractivity contribution in [1.82, 2.24) is 14.5 Å². The summed E-state index contributed by atoms with van der Waals surface area (Å²) in [6, 6.07) is 21.2. The molecule has 4 rings (SSSR count). The summed E-state index contributed by atoms with van der Waals surface area (Å²) < 4.78 is 7.04. The van der Waals surface area contributed by atoms with Gasteiger partial charge in [0.1, 0.15) is 12.3 Å². The van der Waals surface area contributed by atoms with Gasteiger partial charge in [-0.2, -0.15) is 0 Å². The van der Waals surface area contributed by atoms with Crippen molar-refractivity contribution < 1.29 is 14.3 Å². The number of amides is 2. The maximum atomic E-state index is 13.2. The molecule has 9 heteroatoms. The Morgan fingerprint density at radius 2 is 1.68 bits per heavy atom. The number of carbonyl (C=O) groups excluding carboxylic acids is 2. The van der Waals surface area contributed by atoms with Crippen LogP contribution in [0.5, 0.6) is 5.75 Å². The van der Waals surface area contributed by atoms with Crippen LogP contribution < -0.4 is 10.1 Å². The van der Waals surface area contributed by atoms with Gasteiger partial charge < -0.3 is 9.64 Å². The highest BCUT2D eigenvalue weighted by Gasteiger charge is 2.24. The smallest absolute Gasteiger partial charge is 0.256 e. The Hall–Kier alpha value is -3.81. The number of hydrogen-bond donors (Lipinski definition) is 1. The van der Waals surface area contributed by atoms with Crippen LogP contribution in [-0.2, 0) is 4.79 Å². The molecule has 0 saturated carbocycles. The van der Waals surface area contributed by atoms with Crippen molar-refractivity contribution in [3.8, 4) is 22.7 Å². The number of imidazole rings is 1. The Morgan fingerprint density at radius 3 is 2.30 bits per heavy atom. The second kappa shape index (κ2) is 11.5. The number of hydrogen-bond acceptors (Lipinski definition) is 4. The summed E-state index contributed by atoms with van der Waals surface area (Å²) >= 11 is 12.3. The molecule has 0 bridgehead atoms. The van der Waals surface area contributed by atoms with Gasteiger partial charge in [-0.3, -0.25) is 19.5 Å². The number of methoxy groups -OCH3 is 1. The molecule has 4 aromatic rings. The highest BCUT2D eigenvalue weighted by atomic mass is 35.5. The van der Waals surface area contributed by atoms with Crippen LogP contribution in [0.1, 0.15) is 24.2 Å². The minimum atomic E-state index is -0.392. The molecule has 0 radical (unpaired) electrons. The lowest BCUT2D eigenvalue weighted by atomic mass is 10.1. The number of nitrogens with zero attached hydrogens (tertiary/aromatic N) is 3. The second-order valence-electron chi connectivity index (χ2n) is 8.58. The van der Waals surface area contributed by atoms with Gasteiger partial charge in [-0.05, 0) is 62.4 Å². The predicted octanol–water partition coefficient (Wildman–Crippen LogP) is 6.34. The van der Waals surface area contributed by atoms with Crippen LogP contribution >= 0.6 is 23.2 Å². The molecule has 0 fully saturated rings. The van der Waals surface area contributed by atoms with E-state index in [0.29, 0.717) is 33.0 Å². The summed E-state index contributed by atoms with van der Waals surface area (Å²) in [5, 5.41) is 3.82. The fourth-order valence-corrected chi connectivity index (χ4v) is 4.11. The number of ether oxygens (including phenoxy) is 1. The quantitative estimate of drug-likeness (QED) is 0.285. The van der Waals surface area contributed by atoms with Gasteiger partial charge in [0.2, 0.25) is 11.9 Å². The average molecular weight is 537 g/mol. The van der Waals surface area contributed by atoms with Crippen LogP contribution in [0.3, 0.4) is 0 Å². The van der Waals surface area contributed by atoms with Crippen LogP contribution in [-0.4, -0.2) is 46.0 Å². The van der Waals surface area contributed by atoms with Gasteiger partial charge in [0, 0.05) is 28.5 Å². The number of aromatic nitrogens is 2.